The van der Waals surface area contributed by atoms with Crippen LogP contribution in [0.2, 0.25) is 5.02 Å². The minimum atomic E-state index is -0.581. The lowest BCUT2D eigenvalue weighted by molar-refractivity contribution is 0.102. The van der Waals surface area contributed by atoms with Gasteiger partial charge in [0.2, 0.25) is 0 Å². The SMILES string of the molecule is Cc1onc(-c2c(F)cccc2Cl)c1C(=O)Nc1ccc(N2CCN(C)CC2)nc1. The van der Waals surface area contributed by atoms with Gasteiger partial charge in [0.05, 0.1) is 22.5 Å². The van der Waals surface area contributed by atoms with Gasteiger partial charge < -0.3 is 19.6 Å². The van der Waals surface area contributed by atoms with Crippen molar-refractivity contribution in [2.75, 3.05) is 43.4 Å². The van der Waals surface area contributed by atoms with E-state index in [1.807, 2.05) is 6.07 Å². The van der Waals surface area contributed by atoms with E-state index in [1.54, 1.807) is 19.2 Å². The molecule has 9 heteroatoms. The van der Waals surface area contributed by atoms with E-state index in [0.29, 0.717) is 5.69 Å². The van der Waals surface area contributed by atoms with Gasteiger partial charge in [-0.05, 0) is 38.2 Å². The molecule has 1 aliphatic rings. The normalized spacial score (nSPS) is 14.7. The van der Waals surface area contributed by atoms with Crippen LogP contribution in [0, 0.1) is 12.7 Å². The lowest BCUT2D eigenvalue weighted by atomic mass is 10.0. The van der Waals surface area contributed by atoms with Crippen molar-refractivity contribution in [2.45, 2.75) is 6.92 Å². The Balaban J connectivity index is 1.54. The zero-order chi connectivity index (χ0) is 21.3. The Morgan fingerprint density at radius 1 is 1.20 bits per heavy atom. The first kappa shape index (κ1) is 20.3. The van der Waals surface area contributed by atoms with Crippen molar-refractivity contribution in [3.8, 4) is 11.3 Å². The number of nitrogens with one attached hydrogen (secondary N) is 1. The third-order valence-corrected chi connectivity index (χ3v) is 5.44. The van der Waals surface area contributed by atoms with E-state index in [9.17, 15) is 9.18 Å². The molecule has 156 valence electrons. The fourth-order valence-corrected chi connectivity index (χ4v) is 3.66. The van der Waals surface area contributed by atoms with E-state index < -0.39 is 11.7 Å². The van der Waals surface area contributed by atoms with Gasteiger partial charge >= 0.3 is 0 Å². The summed E-state index contributed by atoms with van der Waals surface area (Å²) in [5.74, 6) is 0.0742. The second kappa shape index (κ2) is 8.41. The van der Waals surface area contributed by atoms with Crippen LogP contribution in [0.3, 0.4) is 0 Å². The van der Waals surface area contributed by atoms with Gasteiger partial charge in [0.15, 0.2) is 0 Å². The van der Waals surface area contributed by atoms with Crippen molar-refractivity contribution >= 4 is 29.0 Å². The van der Waals surface area contributed by atoms with Gasteiger partial charge in [0, 0.05) is 26.2 Å². The molecular weight excluding hydrogens is 409 g/mol. The summed E-state index contributed by atoms with van der Waals surface area (Å²) in [6, 6.07) is 7.94. The monoisotopic (exact) mass is 429 g/mol. The first-order valence-corrected chi connectivity index (χ1v) is 9.93. The lowest BCUT2D eigenvalue weighted by Gasteiger charge is -2.33. The van der Waals surface area contributed by atoms with Gasteiger partial charge in [0.25, 0.3) is 5.91 Å². The highest BCUT2D eigenvalue weighted by Crippen LogP contribution is 2.33. The highest BCUT2D eigenvalue weighted by Gasteiger charge is 2.25. The number of pyridine rings is 1. The summed E-state index contributed by atoms with van der Waals surface area (Å²) >= 11 is 6.14. The molecule has 1 aliphatic heterocycles. The predicted octanol–water partition coefficient (Wildman–Crippen LogP) is 3.84. The largest absolute Gasteiger partial charge is 0.360 e. The summed E-state index contributed by atoms with van der Waals surface area (Å²) in [5, 5.41) is 6.79. The molecule has 0 atom stereocenters. The number of halogens is 2. The number of carbonyl (C=O) groups excluding carboxylic acids is 1. The van der Waals surface area contributed by atoms with Crippen LogP contribution < -0.4 is 10.2 Å². The molecule has 3 heterocycles. The molecule has 1 aromatic carbocycles. The third-order valence-electron chi connectivity index (χ3n) is 5.12. The van der Waals surface area contributed by atoms with Crippen molar-refractivity contribution in [2.24, 2.45) is 0 Å². The molecule has 0 saturated carbocycles. The second-order valence-corrected chi connectivity index (χ2v) is 7.62. The smallest absolute Gasteiger partial charge is 0.261 e. The molecule has 3 aromatic rings. The number of hydrogen-bond acceptors (Lipinski definition) is 6. The van der Waals surface area contributed by atoms with Crippen molar-refractivity contribution in [1.29, 1.82) is 0 Å². The van der Waals surface area contributed by atoms with E-state index in [4.69, 9.17) is 16.1 Å². The number of amides is 1. The van der Waals surface area contributed by atoms with Gasteiger partial charge in [-0.2, -0.15) is 0 Å². The number of aryl methyl sites for hydroxylation is 1. The topological polar surface area (TPSA) is 74.5 Å². The maximum absolute atomic E-state index is 14.3. The van der Waals surface area contributed by atoms with Gasteiger partial charge in [-0.1, -0.05) is 22.8 Å². The Kier molecular flexibility index (Phi) is 5.69. The van der Waals surface area contributed by atoms with E-state index in [2.05, 4.69) is 32.3 Å². The molecule has 2 aromatic heterocycles. The third kappa shape index (κ3) is 4.01. The molecule has 1 saturated heterocycles. The molecule has 1 N–H and O–H groups in total. The minimum absolute atomic E-state index is 0.0321. The lowest BCUT2D eigenvalue weighted by Crippen LogP contribution is -2.44. The van der Waals surface area contributed by atoms with Crippen molar-refractivity contribution in [1.82, 2.24) is 15.0 Å². The number of hydrogen-bond donors (Lipinski definition) is 1. The van der Waals surface area contributed by atoms with Crippen LogP contribution >= 0.6 is 11.6 Å². The van der Waals surface area contributed by atoms with Crippen LogP contribution in [0.1, 0.15) is 16.1 Å². The van der Waals surface area contributed by atoms with Gasteiger partial charge in [-0.25, -0.2) is 9.37 Å². The Hall–Kier alpha value is -2.97. The van der Waals surface area contributed by atoms with Gasteiger partial charge in [-0.3, -0.25) is 4.79 Å². The molecule has 0 aliphatic carbocycles. The van der Waals surface area contributed by atoms with Crippen molar-refractivity contribution in [3.05, 3.63) is 58.7 Å². The highest BCUT2D eigenvalue weighted by molar-refractivity contribution is 6.33. The minimum Gasteiger partial charge on any atom is -0.360 e. The molecule has 1 amide bonds. The van der Waals surface area contributed by atoms with E-state index in [-0.39, 0.29) is 27.6 Å². The molecule has 1 fully saturated rings. The van der Waals surface area contributed by atoms with Crippen molar-refractivity contribution < 1.29 is 13.7 Å². The van der Waals surface area contributed by atoms with Crippen LogP contribution in [0.25, 0.3) is 11.3 Å². The fourth-order valence-electron chi connectivity index (χ4n) is 3.41. The quantitative estimate of drug-likeness (QED) is 0.679. The average molecular weight is 430 g/mol. The molecule has 0 spiro atoms. The van der Waals surface area contributed by atoms with E-state index in [1.165, 1.54) is 18.2 Å². The van der Waals surface area contributed by atoms with Crippen LogP contribution in [0.5, 0.6) is 0 Å². The summed E-state index contributed by atoms with van der Waals surface area (Å²) in [6.07, 6.45) is 1.60. The van der Waals surface area contributed by atoms with Crippen LogP contribution in [-0.2, 0) is 0 Å². The highest BCUT2D eigenvalue weighted by atomic mass is 35.5. The summed E-state index contributed by atoms with van der Waals surface area (Å²) in [4.78, 5) is 21.9. The zero-order valence-electron chi connectivity index (χ0n) is 16.7. The number of carbonyl (C=O) groups is 1. The molecule has 0 bridgehead atoms. The molecule has 4 rings (SSSR count). The number of nitrogens with zero attached hydrogens (tertiary/aromatic N) is 4. The maximum atomic E-state index is 14.3. The molecule has 7 nitrogen and oxygen atoms in total. The summed E-state index contributed by atoms with van der Waals surface area (Å²) < 4.78 is 19.5. The van der Waals surface area contributed by atoms with Crippen molar-refractivity contribution in [3.63, 3.8) is 0 Å². The second-order valence-electron chi connectivity index (χ2n) is 7.21. The number of piperazine rings is 1. The van der Waals surface area contributed by atoms with Crippen LogP contribution in [0.15, 0.2) is 41.1 Å². The average Bonchev–Trinajstić information content (AvgIpc) is 3.10. The van der Waals surface area contributed by atoms with Gasteiger partial charge in [0.1, 0.15) is 28.7 Å². The Morgan fingerprint density at radius 3 is 2.63 bits per heavy atom. The first-order valence-electron chi connectivity index (χ1n) is 9.55. The summed E-state index contributed by atoms with van der Waals surface area (Å²) in [7, 11) is 2.10. The number of anilines is 2. The Bertz CT molecular complexity index is 1040. The molecular formula is C21H21ClFN5O2. The fraction of sp³-hybridized carbons (Fsp3) is 0.286. The first-order chi connectivity index (χ1) is 14.4. The molecule has 30 heavy (non-hydrogen) atoms. The van der Waals surface area contributed by atoms with E-state index >= 15 is 0 Å². The zero-order valence-corrected chi connectivity index (χ0v) is 17.4. The van der Waals surface area contributed by atoms with Gasteiger partial charge in [-0.15, -0.1) is 0 Å². The van der Waals surface area contributed by atoms with Crippen LogP contribution in [-0.4, -0.2) is 54.2 Å². The standard InChI is InChI=1S/C21H21ClFN5O2/c1-13-18(20(26-30-13)19-15(22)4-3-5-16(19)23)21(29)25-14-6-7-17(24-12-14)28-10-8-27(2)9-11-28/h3-7,12H,8-11H2,1-2H3,(H,25,29). The Morgan fingerprint density at radius 2 is 1.97 bits per heavy atom. The predicted molar refractivity (Wildman–Crippen MR) is 114 cm³/mol. The summed E-state index contributed by atoms with van der Waals surface area (Å²) in [5.41, 5.74) is 0.744. The molecule has 0 unspecified atom stereocenters. The number of rotatable bonds is 4. The Labute approximate surface area is 178 Å². The number of benzene rings is 1. The number of likely N-dealkylation sites (N-methyl/N-ethyl adjacent to an activating group) is 1. The maximum Gasteiger partial charge on any atom is 0.261 e. The molecule has 0 radical (unpaired) electrons. The van der Waals surface area contributed by atoms with Crippen LogP contribution in [0.4, 0.5) is 15.9 Å². The van der Waals surface area contributed by atoms with E-state index in [0.717, 1.165) is 32.0 Å². The summed E-state index contributed by atoms with van der Waals surface area (Å²) in [6.45, 7) is 5.36. The number of aromatic nitrogens is 2.